The topological polar surface area (TPSA) is 0 Å². The molecule has 0 saturated heterocycles. The normalized spacial score (nSPS) is 82.7. The molecule has 17 unspecified atom stereocenters. The van der Waals surface area contributed by atoms with Gasteiger partial charge >= 0.3 is 0 Å². The van der Waals surface area contributed by atoms with Crippen molar-refractivity contribution in [2.45, 2.75) is 166 Å². The smallest absolute Gasteiger partial charge is 0.00384 e. The molecule has 9 fully saturated rings. The molecule has 9 saturated carbocycles. The Balaban J connectivity index is 1.72. The van der Waals surface area contributed by atoms with Crippen molar-refractivity contribution in [1.29, 1.82) is 0 Å². The first-order valence-corrected chi connectivity index (χ1v) is 19.5. The molecule has 9 rings (SSSR count). The lowest BCUT2D eigenvalue weighted by atomic mass is 8.94. The van der Waals surface area contributed by atoms with Gasteiger partial charge in [0, 0.05) is 0 Å². The third-order valence-electron chi connectivity index (χ3n) is 31.0. The van der Waals surface area contributed by atoms with Crippen LogP contribution in [-0.4, -0.2) is 0 Å². The molecule has 9 aliphatic carbocycles. The van der Waals surface area contributed by atoms with Crippen molar-refractivity contribution in [3.63, 3.8) is 0 Å². The van der Waals surface area contributed by atoms with E-state index >= 15 is 0 Å². The largest absolute Gasteiger partial charge is 0.0588 e. The second kappa shape index (κ2) is 5.12. The average Bonchev–Trinajstić information content (AvgIpc) is 3.17. The van der Waals surface area contributed by atoms with Gasteiger partial charge in [-0.15, -0.1) is 0 Å². The first-order chi connectivity index (χ1) is 19.5. The first kappa shape index (κ1) is 29.9. The van der Waals surface area contributed by atoms with Crippen molar-refractivity contribution in [3.8, 4) is 0 Å². The van der Waals surface area contributed by atoms with Gasteiger partial charge in [0.15, 0.2) is 0 Å². The van der Waals surface area contributed by atoms with Crippen molar-refractivity contribution in [2.75, 3.05) is 0 Å². The van der Waals surface area contributed by atoms with Gasteiger partial charge in [-0.3, -0.25) is 0 Å². The lowest BCUT2D eigenvalue weighted by Crippen LogP contribution is -3.05. The molecule has 1 spiro atoms. The average molecular weight is 613 g/mol. The van der Waals surface area contributed by atoms with Crippen LogP contribution in [0.4, 0.5) is 0 Å². The molecule has 0 aromatic rings. The zero-order valence-electron chi connectivity index (χ0n) is 34.5. The number of hydrogen-bond acceptors (Lipinski definition) is 0. The number of hydrogen-bond donors (Lipinski definition) is 0. The minimum atomic E-state index is 0.121. The fraction of sp³-hybridized carbons (Fsp3) is 1.00. The lowest BCUT2D eigenvalue weighted by molar-refractivity contribution is -0.627. The Morgan fingerprint density at radius 2 is 0.244 bits per heavy atom. The standard InChI is InChI=1S/C45H72/c1-25(2)29(9)37(17)31(11)26(3,4)33(13)39(29,19)40(20)32(37,12)27(5,6)34(14)42(22)41(21)30(25,10)38(31,18)44(41,24)43(42,23)36(16)28(7,8)35(40,15)45(33,34)36/h1-24H3. The van der Waals surface area contributed by atoms with Crippen LogP contribution >= 0.6 is 0 Å². The molecule has 0 aromatic heterocycles. The maximum atomic E-state index is 3.02. The summed E-state index contributed by atoms with van der Waals surface area (Å²) in [6.07, 6.45) is 0. The van der Waals surface area contributed by atoms with E-state index in [4.69, 9.17) is 0 Å². The van der Waals surface area contributed by atoms with Crippen LogP contribution in [0.5, 0.6) is 0 Å². The molecule has 0 radical (unpaired) electrons. The van der Waals surface area contributed by atoms with E-state index in [0.717, 1.165) is 0 Å². The predicted molar refractivity (Wildman–Crippen MR) is 187 cm³/mol. The third kappa shape index (κ3) is 1.06. The van der Waals surface area contributed by atoms with E-state index in [1.165, 1.54) is 0 Å². The molecule has 6 bridgehead atoms. The summed E-state index contributed by atoms with van der Waals surface area (Å²) in [6, 6.07) is 0. The highest BCUT2D eigenvalue weighted by Crippen LogP contribution is 3.29. The zero-order chi connectivity index (χ0) is 34.5. The molecule has 17 atom stereocenters. The fourth-order valence-electron chi connectivity index (χ4n) is 29.7. The molecular formula is C45H72. The molecule has 45 heavy (non-hydrogen) atoms. The molecular weight excluding hydrogens is 540 g/mol. The van der Waals surface area contributed by atoms with E-state index < -0.39 is 0 Å². The zero-order valence-corrected chi connectivity index (χ0v) is 34.5. The number of rotatable bonds is 0. The molecule has 0 N–H and O–H groups in total. The molecule has 0 amide bonds. The van der Waals surface area contributed by atoms with Gasteiger partial charge in [0.25, 0.3) is 0 Å². The monoisotopic (exact) mass is 613 g/mol. The van der Waals surface area contributed by atoms with Crippen LogP contribution in [0, 0.1) is 114 Å². The van der Waals surface area contributed by atoms with Crippen LogP contribution in [0.3, 0.4) is 0 Å². The minimum absolute atomic E-state index is 0.121. The van der Waals surface area contributed by atoms with Crippen LogP contribution in [0.15, 0.2) is 0 Å². The quantitative estimate of drug-likeness (QED) is 0.255. The summed E-state index contributed by atoms with van der Waals surface area (Å²) in [5.74, 6) is 0. The van der Waals surface area contributed by atoms with E-state index in [0.29, 0.717) is 0 Å². The summed E-state index contributed by atoms with van der Waals surface area (Å²) in [4.78, 5) is 0. The van der Waals surface area contributed by atoms with Gasteiger partial charge in [-0.05, 0) is 114 Å². The second-order valence-electron chi connectivity index (χ2n) is 25.2. The van der Waals surface area contributed by atoms with Gasteiger partial charge in [-0.1, -0.05) is 166 Å². The summed E-state index contributed by atoms with van der Waals surface area (Å²) < 4.78 is 0. The van der Waals surface area contributed by atoms with E-state index in [2.05, 4.69) is 166 Å². The summed E-state index contributed by atoms with van der Waals surface area (Å²) in [5, 5.41) is 0. The van der Waals surface area contributed by atoms with Gasteiger partial charge in [-0.25, -0.2) is 0 Å². The number of fused-ring (bicyclic) bond motifs is 10. The summed E-state index contributed by atoms with van der Waals surface area (Å²) in [6.45, 7) is 70.7. The highest BCUT2D eigenvalue weighted by molar-refractivity contribution is 5.72. The molecule has 0 aromatic carbocycles. The van der Waals surface area contributed by atoms with E-state index in [1.807, 2.05) is 0 Å². The Bertz CT molecular complexity index is 1740. The lowest BCUT2D eigenvalue weighted by Gasteiger charge is -3.09. The Morgan fingerprint density at radius 1 is 0.133 bits per heavy atom. The summed E-state index contributed by atoms with van der Waals surface area (Å²) in [5.41, 5.74) is 3.60. The van der Waals surface area contributed by atoms with Gasteiger partial charge in [0.05, 0.1) is 0 Å². The van der Waals surface area contributed by atoms with Crippen LogP contribution in [0.2, 0.25) is 0 Å². The molecule has 9 aliphatic rings. The first-order valence-electron chi connectivity index (χ1n) is 19.5. The molecule has 252 valence electrons. The van der Waals surface area contributed by atoms with Crippen molar-refractivity contribution < 1.29 is 0 Å². The minimum Gasteiger partial charge on any atom is -0.0588 e. The highest BCUT2D eigenvalue weighted by atomic mass is 15.3. The van der Waals surface area contributed by atoms with Crippen molar-refractivity contribution in [3.05, 3.63) is 0 Å². The Hall–Kier alpha value is 0. The highest BCUT2D eigenvalue weighted by Gasteiger charge is 3.26. The fourth-order valence-corrected chi connectivity index (χ4v) is 29.7. The maximum absolute atomic E-state index is 3.02. The van der Waals surface area contributed by atoms with E-state index in [-0.39, 0.29) is 114 Å². The van der Waals surface area contributed by atoms with E-state index in [1.54, 1.807) is 0 Å². The van der Waals surface area contributed by atoms with Crippen LogP contribution in [0.25, 0.3) is 0 Å². The maximum Gasteiger partial charge on any atom is -0.00384 e. The second-order valence-corrected chi connectivity index (χ2v) is 25.2. The predicted octanol–water partition coefficient (Wildman–Crippen LogP) is 12.3. The Labute approximate surface area is 279 Å². The van der Waals surface area contributed by atoms with Gasteiger partial charge in [0.1, 0.15) is 0 Å². The summed E-state index contributed by atoms with van der Waals surface area (Å²) >= 11 is 0. The van der Waals surface area contributed by atoms with Gasteiger partial charge < -0.3 is 0 Å². The van der Waals surface area contributed by atoms with Gasteiger partial charge in [-0.2, -0.15) is 0 Å². The Kier molecular flexibility index (Phi) is 3.40. The molecule has 0 heterocycles. The summed E-state index contributed by atoms with van der Waals surface area (Å²) in [7, 11) is 0. The molecule has 0 aliphatic heterocycles. The Morgan fingerprint density at radius 3 is 0.511 bits per heavy atom. The van der Waals surface area contributed by atoms with Crippen LogP contribution < -0.4 is 0 Å². The van der Waals surface area contributed by atoms with Crippen molar-refractivity contribution in [1.82, 2.24) is 0 Å². The van der Waals surface area contributed by atoms with Gasteiger partial charge in [0.2, 0.25) is 0 Å². The van der Waals surface area contributed by atoms with Crippen molar-refractivity contribution in [2.24, 2.45) is 114 Å². The van der Waals surface area contributed by atoms with Crippen molar-refractivity contribution >= 4 is 0 Å². The SMILES string of the molecule is CC1(C)C2(C)C3(C)C4(C)C(C)(C)C5(C)C6(C)C1(C)C4(C)C1(C)C(C)(C)C4(C)C7(C)C2(C)C3(C)C7(C)C2(C)C(C)(C)C(C)(C16C)C542. The molecule has 0 heteroatoms. The van der Waals surface area contributed by atoms with E-state index in [9.17, 15) is 0 Å². The van der Waals surface area contributed by atoms with Crippen LogP contribution in [-0.2, 0) is 0 Å². The third-order valence-corrected chi connectivity index (χ3v) is 31.0. The van der Waals surface area contributed by atoms with Crippen LogP contribution in [0.1, 0.15) is 166 Å². The molecule has 0 nitrogen and oxygen atoms in total.